The second kappa shape index (κ2) is 7.46. The molecule has 8 nitrogen and oxygen atoms in total. The van der Waals surface area contributed by atoms with Crippen molar-refractivity contribution in [2.24, 2.45) is 14.1 Å². The number of rotatable bonds is 3. The molecule has 0 amide bonds. The summed E-state index contributed by atoms with van der Waals surface area (Å²) in [5.74, 6) is 0.0697. The predicted molar refractivity (Wildman–Crippen MR) is 114 cm³/mol. The van der Waals surface area contributed by atoms with Crippen molar-refractivity contribution < 1.29 is 9.15 Å². The van der Waals surface area contributed by atoms with Crippen molar-refractivity contribution in [2.45, 2.75) is 6.92 Å². The molecule has 31 heavy (non-hydrogen) atoms. The fourth-order valence-electron chi connectivity index (χ4n) is 3.45. The van der Waals surface area contributed by atoms with E-state index in [9.17, 15) is 19.6 Å². The maximum absolute atomic E-state index is 12.3. The van der Waals surface area contributed by atoms with Gasteiger partial charge in [0.15, 0.2) is 5.56 Å². The van der Waals surface area contributed by atoms with E-state index >= 15 is 0 Å². The molecule has 4 aromatic rings. The van der Waals surface area contributed by atoms with E-state index in [1.807, 2.05) is 30.3 Å². The fourth-order valence-corrected chi connectivity index (χ4v) is 3.45. The topological polar surface area (TPSA) is 107 Å². The molecule has 0 saturated heterocycles. The third-order valence-electron chi connectivity index (χ3n) is 5.13. The molecule has 0 aliphatic carbocycles. The maximum atomic E-state index is 12.3. The van der Waals surface area contributed by atoms with Crippen LogP contribution in [0.4, 0.5) is 0 Å². The number of nitrogens with zero attached hydrogens (tertiary/aromatic N) is 3. The van der Waals surface area contributed by atoms with Crippen molar-refractivity contribution in [3.8, 4) is 28.8 Å². The van der Waals surface area contributed by atoms with Crippen molar-refractivity contribution in [3.63, 3.8) is 0 Å². The minimum Gasteiger partial charge on any atom is -0.439 e. The minimum absolute atomic E-state index is 0.181. The van der Waals surface area contributed by atoms with Gasteiger partial charge in [-0.1, -0.05) is 30.3 Å². The van der Waals surface area contributed by atoms with Gasteiger partial charge in [0.05, 0.1) is 0 Å². The van der Waals surface area contributed by atoms with Crippen molar-refractivity contribution in [1.29, 1.82) is 5.26 Å². The summed E-state index contributed by atoms with van der Waals surface area (Å²) in [6, 6.07) is 16.0. The third kappa shape index (κ3) is 3.22. The summed E-state index contributed by atoms with van der Waals surface area (Å²) in [5, 5.41) is 10.1. The van der Waals surface area contributed by atoms with Crippen LogP contribution in [0.2, 0.25) is 0 Å². The largest absolute Gasteiger partial charge is 0.439 e. The molecular formula is C23H17N3O5. The van der Waals surface area contributed by atoms with Crippen molar-refractivity contribution in [3.05, 3.63) is 90.9 Å². The Morgan fingerprint density at radius 1 is 1.00 bits per heavy atom. The quantitative estimate of drug-likeness (QED) is 0.476. The van der Waals surface area contributed by atoms with Crippen LogP contribution in [0.25, 0.3) is 22.1 Å². The standard InChI is InChI=1S/C23H17N3O5/c1-13-18(30-22-17(12-24)21(28)25(2)23(29)26(22)3)10-9-15-16(11-19(27)31-20(13)15)14-7-5-4-6-8-14/h4-11H,1-3H3. The zero-order valence-corrected chi connectivity index (χ0v) is 17.0. The average molecular weight is 415 g/mol. The number of ether oxygens (including phenoxy) is 1. The molecular weight excluding hydrogens is 398 g/mol. The zero-order chi connectivity index (χ0) is 22.3. The molecule has 154 valence electrons. The molecule has 0 radical (unpaired) electrons. The van der Waals surface area contributed by atoms with Gasteiger partial charge in [0.25, 0.3) is 5.56 Å². The molecule has 4 rings (SSSR count). The number of aromatic nitrogens is 2. The lowest BCUT2D eigenvalue weighted by atomic mass is 10.0. The first-order chi connectivity index (χ1) is 14.8. The molecule has 0 N–H and O–H groups in total. The lowest BCUT2D eigenvalue weighted by molar-refractivity contribution is 0.418. The number of hydrogen-bond acceptors (Lipinski definition) is 6. The van der Waals surface area contributed by atoms with Gasteiger partial charge in [-0.25, -0.2) is 9.59 Å². The first kappa shape index (κ1) is 19.9. The van der Waals surface area contributed by atoms with Crippen molar-refractivity contribution >= 4 is 11.0 Å². The normalized spacial score (nSPS) is 10.8. The van der Waals surface area contributed by atoms with E-state index in [0.29, 0.717) is 22.1 Å². The third-order valence-corrected chi connectivity index (χ3v) is 5.13. The highest BCUT2D eigenvalue weighted by Crippen LogP contribution is 2.35. The Hall–Kier alpha value is -4.38. The number of benzene rings is 2. The van der Waals surface area contributed by atoms with Crippen molar-refractivity contribution in [1.82, 2.24) is 9.13 Å². The highest BCUT2D eigenvalue weighted by molar-refractivity contribution is 5.95. The van der Waals surface area contributed by atoms with Crippen molar-refractivity contribution in [2.75, 3.05) is 0 Å². The second-order valence-corrected chi connectivity index (χ2v) is 7.01. The van der Waals surface area contributed by atoms with E-state index in [1.54, 1.807) is 25.1 Å². The second-order valence-electron chi connectivity index (χ2n) is 7.01. The lowest BCUT2D eigenvalue weighted by Crippen LogP contribution is -2.38. The lowest BCUT2D eigenvalue weighted by Gasteiger charge is -2.15. The van der Waals surface area contributed by atoms with Crippen LogP contribution in [0.5, 0.6) is 11.6 Å². The molecule has 2 aromatic carbocycles. The zero-order valence-electron chi connectivity index (χ0n) is 17.0. The van der Waals surface area contributed by atoms with Crippen LogP contribution in [-0.4, -0.2) is 9.13 Å². The molecule has 2 heterocycles. The van der Waals surface area contributed by atoms with Gasteiger partial charge in [0.2, 0.25) is 5.88 Å². The molecule has 0 saturated carbocycles. The smallest absolute Gasteiger partial charge is 0.336 e. The fraction of sp³-hybridized carbons (Fsp3) is 0.130. The first-order valence-corrected chi connectivity index (χ1v) is 9.34. The van der Waals surface area contributed by atoms with Gasteiger partial charge in [0.1, 0.15) is 17.4 Å². The Bertz CT molecular complexity index is 1550. The number of aryl methyl sites for hydroxylation is 1. The summed E-state index contributed by atoms with van der Waals surface area (Å²) >= 11 is 0. The molecule has 0 aliphatic rings. The van der Waals surface area contributed by atoms with Crippen LogP contribution in [0.3, 0.4) is 0 Å². The van der Waals surface area contributed by atoms with E-state index in [0.717, 1.165) is 14.7 Å². The van der Waals surface area contributed by atoms with Gasteiger partial charge in [0, 0.05) is 31.1 Å². The number of nitriles is 1. The molecule has 8 heteroatoms. The average Bonchev–Trinajstić information content (AvgIpc) is 2.78. The Balaban J connectivity index is 1.94. The number of hydrogen-bond donors (Lipinski definition) is 0. The monoisotopic (exact) mass is 415 g/mol. The summed E-state index contributed by atoms with van der Waals surface area (Å²) in [6.07, 6.45) is 0. The van der Waals surface area contributed by atoms with Gasteiger partial charge in [-0.3, -0.25) is 13.9 Å². The molecule has 0 bridgehead atoms. The van der Waals surface area contributed by atoms with Crippen LogP contribution >= 0.6 is 0 Å². The summed E-state index contributed by atoms with van der Waals surface area (Å²) in [7, 11) is 2.69. The van der Waals surface area contributed by atoms with E-state index in [2.05, 4.69) is 0 Å². The molecule has 0 atom stereocenters. The molecule has 0 aliphatic heterocycles. The maximum Gasteiger partial charge on any atom is 0.336 e. The summed E-state index contributed by atoms with van der Waals surface area (Å²) < 4.78 is 13.2. The highest BCUT2D eigenvalue weighted by atomic mass is 16.5. The van der Waals surface area contributed by atoms with Gasteiger partial charge < -0.3 is 9.15 Å². The summed E-state index contributed by atoms with van der Waals surface area (Å²) in [4.78, 5) is 36.8. The Kier molecular flexibility index (Phi) is 4.79. The summed E-state index contributed by atoms with van der Waals surface area (Å²) in [5.41, 5.74) is 0.163. The van der Waals surface area contributed by atoms with Crippen LogP contribution < -0.4 is 21.6 Å². The summed E-state index contributed by atoms with van der Waals surface area (Å²) in [6.45, 7) is 1.70. The van der Waals surface area contributed by atoms with Crippen LogP contribution in [-0.2, 0) is 14.1 Å². The van der Waals surface area contributed by atoms with E-state index in [-0.39, 0.29) is 17.2 Å². The Labute approximate surface area is 175 Å². The van der Waals surface area contributed by atoms with Crippen LogP contribution in [0.1, 0.15) is 11.1 Å². The predicted octanol–water partition coefficient (Wildman–Crippen LogP) is 2.83. The Morgan fingerprint density at radius 2 is 1.71 bits per heavy atom. The van der Waals surface area contributed by atoms with Gasteiger partial charge in [-0.15, -0.1) is 0 Å². The van der Waals surface area contributed by atoms with E-state index < -0.39 is 16.9 Å². The molecule has 0 fully saturated rings. The highest BCUT2D eigenvalue weighted by Gasteiger charge is 2.20. The van der Waals surface area contributed by atoms with E-state index in [1.165, 1.54) is 20.2 Å². The van der Waals surface area contributed by atoms with Gasteiger partial charge >= 0.3 is 11.3 Å². The Morgan fingerprint density at radius 3 is 2.39 bits per heavy atom. The molecule has 0 spiro atoms. The molecule has 0 unspecified atom stereocenters. The van der Waals surface area contributed by atoms with Gasteiger partial charge in [-0.05, 0) is 30.2 Å². The van der Waals surface area contributed by atoms with Crippen LogP contribution in [0.15, 0.2) is 67.3 Å². The van der Waals surface area contributed by atoms with Crippen LogP contribution in [0, 0.1) is 18.3 Å². The minimum atomic E-state index is -0.753. The number of fused-ring (bicyclic) bond motifs is 1. The molecule has 2 aromatic heterocycles. The SMILES string of the molecule is Cc1c(Oc2c(C#N)c(=O)n(C)c(=O)n2C)ccc2c(-c3ccccc3)cc(=O)oc12. The van der Waals surface area contributed by atoms with Gasteiger partial charge in [-0.2, -0.15) is 5.26 Å². The first-order valence-electron chi connectivity index (χ1n) is 9.34. The van der Waals surface area contributed by atoms with E-state index in [4.69, 9.17) is 9.15 Å².